The van der Waals surface area contributed by atoms with Gasteiger partial charge in [-0.25, -0.2) is 9.69 Å². The van der Waals surface area contributed by atoms with Crippen LogP contribution in [0.1, 0.15) is 72.6 Å². The lowest BCUT2D eigenvalue weighted by molar-refractivity contribution is -0.300. The van der Waals surface area contributed by atoms with Gasteiger partial charge in [0, 0.05) is 25.7 Å². The van der Waals surface area contributed by atoms with Crippen LogP contribution in [0.4, 0.5) is 0 Å². The second-order valence-electron chi connectivity index (χ2n) is 9.97. The summed E-state index contributed by atoms with van der Waals surface area (Å²) in [5, 5.41) is 9.91. The van der Waals surface area contributed by atoms with Crippen LogP contribution in [-0.2, 0) is 23.8 Å². The van der Waals surface area contributed by atoms with Crippen LogP contribution in [0.25, 0.3) is 0 Å². The standard InChI is InChI=1S/C23H40N2O6/c1-5-29-20(27)17-8-10-19(11-9-17)30-23(24-13-6-7-14-24,21(28)31-22(2,3)4)25-15-12-18(25)16-26/h17-19,26H,5-16H2,1-4H3. The second kappa shape index (κ2) is 10.1. The molecule has 1 saturated carbocycles. The van der Waals surface area contributed by atoms with Gasteiger partial charge in [-0.2, -0.15) is 0 Å². The molecule has 2 atom stereocenters. The minimum absolute atomic E-state index is 0.0165. The maximum atomic E-state index is 13.7. The molecule has 3 aliphatic rings. The molecule has 2 saturated heterocycles. The van der Waals surface area contributed by atoms with Crippen LogP contribution in [0, 0.1) is 5.92 Å². The molecule has 2 heterocycles. The number of hydrogen-bond acceptors (Lipinski definition) is 8. The van der Waals surface area contributed by atoms with Gasteiger partial charge in [0.1, 0.15) is 5.60 Å². The van der Waals surface area contributed by atoms with Crippen molar-refractivity contribution in [1.29, 1.82) is 0 Å². The highest BCUT2D eigenvalue weighted by molar-refractivity contribution is 5.79. The lowest BCUT2D eigenvalue weighted by Gasteiger charge is -2.55. The molecule has 0 aromatic carbocycles. The van der Waals surface area contributed by atoms with E-state index in [4.69, 9.17) is 14.2 Å². The number of carbonyl (C=O) groups excluding carboxylic acids is 2. The maximum absolute atomic E-state index is 13.7. The normalized spacial score (nSPS) is 29.8. The van der Waals surface area contributed by atoms with Crippen LogP contribution < -0.4 is 0 Å². The monoisotopic (exact) mass is 440 g/mol. The zero-order valence-corrected chi connectivity index (χ0v) is 19.6. The summed E-state index contributed by atoms with van der Waals surface area (Å²) in [5.74, 6) is -1.96. The number of rotatable bonds is 8. The molecule has 0 bridgehead atoms. The highest BCUT2D eigenvalue weighted by Crippen LogP contribution is 2.40. The van der Waals surface area contributed by atoms with Gasteiger partial charge in [-0.3, -0.25) is 9.69 Å². The third kappa shape index (κ3) is 5.41. The van der Waals surface area contributed by atoms with Gasteiger partial charge >= 0.3 is 11.9 Å². The third-order valence-electron chi connectivity index (χ3n) is 6.57. The maximum Gasteiger partial charge on any atom is 0.371 e. The van der Waals surface area contributed by atoms with E-state index in [9.17, 15) is 14.7 Å². The fourth-order valence-electron chi connectivity index (χ4n) is 4.92. The van der Waals surface area contributed by atoms with E-state index < -0.39 is 17.4 Å². The van der Waals surface area contributed by atoms with Crippen molar-refractivity contribution in [2.45, 2.75) is 96.2 Å². The molecule has 2 aliphatic heterocycles. The summed E-state index contributed by atoms with van der Waals surface area (Å²) in [6, 6.07) is -0.121. The smallest absolute Gasteiger partial charge is 0.371 e. The molecule has 1 aliphatic carbocycles. The quantitative estimate of drug-likeness (QED) is 0.575. The zero-order valence-electron chi connectivity index (χ0n) is 19.6. The minimum Gasteiger partial charge on any atom is -0.466 e. The summed E-state index contributed by atoms with van der Waals surface area (Å²) in [5.41, 5.74) is -0.646. The number of aliphatic hydroxyl groups excluding tert-OH is 1. The van der Waals surface area contributed by atoms with E-state index in [0.717, 1.165) is 32.4 Å². The van der Waals surface area contributed by atoms with Crippen LogP contribution in [0.3, 0.4) is 0 Å². The van der Waals surface area contributed by atoms with Gasteiger partial charge in [0.2, 0.25) is 0 Å². The molecule has 3 rings (SSSR count). The van der Waals surface area contributed by atoms with Crippen molar-refractivity contribution in [3.63, 3.8) is 0 Å². The molecule has 8 nitrogen and oxygen atoms in total. The highest BCUT2D eigenvalue weighted by Gasteiger charge is 2.59. The first-order chi connectivity index (χ1) is 14.7. The van der Waals surface area contributed by atoms with E-state index in [2.05, 4.69) is 4.90 Å². The number of nitrogens with zero attached hydrogens (tertiary/aromatic N) is 2. The first kappa shape index (κ1) is 24.4. The van der Waals surface area contributed by atoms with Gasteiger partial charge in [0.25, 0.3) is 5.85 Å². The first-order valence-corrected chi connectivity index (χ1v) is 11.9. The summed E-state index contributed by atoms with van der Waals surface area (Å²) in [6.45, 7) is 9.98. The molecule has 0 aromatic rings. The van der Waals surface area contributed by atoms with Crippen LogP contribution in [0.15, 0.2) is 0 Å². The number of carbonyl (C=O) groups is 2. The summed E-state index contributed by atoms with van der Waals surface area (Å²) in [4.78, 5) is 29.9. The number of ether oxygens (including phenoxy) is 3. The van der Waals surface area contributed by atoms with Crippen molar-refractivity contribution in [1.82, 2.24) is 9.80 Å². The van der Waals surface area contributed by atoms with E-state index in [1.807, 2.05) is 32.6 Å². The molecule has 1 N–H and O–H groups in total. The number of likely N-dealkylation sites (tertiary alicyclic amines) is 2. The van der Waals surface area contributed by atoms with Crippen LogP contribution in [-0.4, -0.2) is 83.3 Å². The van der Waals surface area contributed by atoms with Crippen molar-refractivity contribution >= 4 is 11.9 Å². The van der Waals surface area contributed by atoms with E-state index in [1.54, 1.807) is 0 Å². The summed E-state index contributed by atoms with van der Waals surface area (Å²) in [7, 11) is 0. The summed E-state index contributed by atoms with van der Waals surface area (Å²) in [6.07, 6.45) is 5.45. The first-order valence-electron chi connectivity index (χ1n) is 11.9. The average Bonchev–Trinajstić information content (AvgIpc) is 3.21. The van der Waals surface area contributed by atoms with E-state index >= 15 is 0 Å². The minimum atomic E-state index is -1.32. The molecule has 0 radical (unpaired) electrons. The molecule has 2 unspecified atom stereocenters. The Hall–Kier alpha value is -1.22. The SMILES string of the molecule is CCOC(=O)C1CCC(OC(C(=O)OC(C)(C)C)(N2CCCC2)N2CCC2CO)CC1. The van der Waals surface area contributed by atoms with Gasteiger partial charge in [-0.05, 0) is 72.6 Å². The Bertz CT molecular complexity index is 620. The largest absolute Gasteiger partial charge is 0.466 e. The molecule has 0 spiro atoms. The number of hydrogen-bond donors (Lipinski definition) is 1. The van der Waals surface area contributed by atoms with Gasteiger partial charge in [-0.15, -0.1) is 0 Å². The second-order valence-corrected chi connectivity index (χ2v) is 9.97. The summed E-state index contributed by atoms with van der Waals surface area (Å²) < 4.78 is 17.8. The van der Waals surface area contributed by atoms with E-state index in [-0.39, 0.29) is 30.6 Å². The molecule has 8 heteroatoms. The molecule has 3 fully saturated rings. The Morgan fingerprint density at radius 2 is 1.65 bits per heavy atom. The van der Waals surface area contributed by atoms with Gasteiger partial charge in [0.15, 0.2) is 0 Å². The predicted octanol–water partition coefficient (Wildman–Crippen LogP) is 2.28. The van der Waals surface area contributed by atoms with Crippen molar-refractivity contribution < 1.29 is 28.9 Å². The highest BCUT2D eigenvalue weighted by atomic mass is 16.6. The van der Waals surface area contributed by atoms with Gasteiger partial charge in [0.05, 0.1) is 25.2 Å². The van der Waals surface area contributed by atoms with Crippen molar-refractivity contribution in [2.24, 2.45) is 5.92 Å². The van der Waals surface area contributed by atoms with Crippen LogP contribution in [0.2, 0.25) is 0 Å². The zero-order chi connectivity index (χ0) is 22.6. The lowest BCUT2D eigenvalue weighted by Crippen LogP contribution is -2.74. The Morgan fingerprint density at radius 1 is 1.00 bits per heavy atom. The molecular weight excluding hydrogens is 400 g/mol. The molecular formula is C23H40N2O6. The van der Waals surface area contributed by atoms with Gasteiger partial charge < -0.3 is 19.3 Å². The Balaban J connectivity index is 1.83. The molecule has 0 amide bonds. The Morgan fingerprint density at radius 3 is 2.13 bits per heavy atom. The third-order valence-corrected chi connectivity index (χ3v) is 6.57. The number of esters is 2. The van der Waals surface area contributed by atoms with Crippen molar-refractivity contribution in [2.75, 3.05) is 32.8 Å². The fraction of sp³-hybridized carbons (Fsp3) is 0.913. The summed E-state index contributed by atoms with van der Waals surface area (Å²) >= 11 is 0. The van der Waals surface area contributed by atoms with Crippen LogP contribution >= 0.6 is 0 Å². The van der Waals surface area contributed by atoms with Crippen LogP contribution in [0.5, 0.6) is 0 Å². The predicted molar refractivity (Wildman–Crippen MR) is 115 cm³/mol. The topological polar surface area (TPSA) is 88.5 Å². The van der Waals surface area contributed by atoms with E-state index in [1.165, 1.54) is 0 Å². The Labute approximate surface area is 186 Å². The molecule has 0 aromatic heterocycles. The van der Waals surface area contributed by atoms with Crippen molar-refractivity contribution in [3.8, 4) is 0 Å². The van der Waals surface area contributed by atoms with E-state index in [0.29, 0.717) is 38.8 Å². The number of aliphatic hydroxyl groups is 1. The Kier molecular flexibility index (Phi) is 8.00. The molecule has 31 heavy (non-hydrogen) atoms. The van der Waals surface area contributed by atoms with Gasteiger partial charge in [-0.1, -0.05) is 0 Å². The molecule has 178 valence electrons. The average molecular weight is 441 g/mol. The van der Waals surface area contributed by atoms with Crippen molar-refractivity contribution in [3.05, 3.63) is 0 Å². The fourth-order valence-corrected chi connectivity index (χ4v) is 4.92. The lowest BCUT2D eigenvalue weighted by atomic mass is 9.87.